The highest BCUT2D eigenvalue weighted by molar-refractivity contribution is 5.93. The number of amides is 1. The van der Waals surface area contributed by atoms with E-state index in [9.17, 15) is 4.79 Å². The normalized spacial score (nSPS) is 24.0. The first-order chi connectivity index (χ1) is 8.33. The number of nitrogens with one attached hydrogen (secondary N) is 3. The summed E-state index contributed by atoms with van der Waals surface area (Å²) in [5, 5.41) is 9.80. The van der Waals surface area contributed by atoms with E-state index in [1.807, 2.05) is 6.07 Å². The number of hydrogen-bond donors (Lipinski definition) is 3. The lowest BCUT2D eigenvalue weighted by molar-refractivity contribution is -0.116. The van der Waals surface area contributed by atoms with E-state index in [-0.39, 0.29) is 5.91 Å². The molecule has 3 rings (SSSR count). The number of benzene rings is 1. The van der Waals surface area contributed by atoms with Crippen LogP contribution in [-0.4, -0.2) is 25.5 Å². The molecule has 3 N–H and O–H groups in total. The first-order valence-corrected chi connectivity index (χ1v) is 6.20. The molecule has 2 aliphatic heterocycles. The zero-order chi connectivity index (χ0) is 11.7. The highest BCUT2D eigenvalue weighted by atomic mass is 16.1. The number of hydrogen-bond acceptors (Lipinski definition) is 3. The Labute approximate surface area is 101 Å². The van der Waals surface area contributed by atoms with Crippen LogP contribution in [0, 0.1) is 0 Å². The molecule has 1 amide bonds. The molecule has 4 nitrogen and oxygen atoms in total. The molecule has 1 fully saturated rings. The topological polar surface area (TPSA) is 53.2 Å². The van der Waals surface area contributed by atoms with Crippen LogP contribution in [0.5, 0.6) is 0 Å². The van der Waals surface area contributed by atoms with Gasteiger partial charge in [-0.2, -0.15) is 0 Å². The van der Waals surface area contributed by atoms with Crippen LogP contribution in [0.4, 0.5) is 5.69 Å². The van der Waals surface area contributed by atoms with Gasteiger partial charge in [-0.1, -0.05) is 12.1 Å². The summed E-state index contributed by atoms with van der Waals surface area (Å²) in [5.74, 6) is 0.128. The van der Waals surface area contributed by atoms with Gasteiger partial charge in [0.2, 0.25) is 5.91 Å². The second-order valence-electron chi connectivity index (χ2n) is 4.68. The van der Waals surface area contributed by atoms with Crippen molar-refractivity contribution in [3.63, 3.8) is 0 Å². The second-order valence-corrected chi connectivity index (χ2v) is 4.68. The van der Waals surface area contributed by atoms with Crippen molar-refractivity contribution >= 4 is 11.6 Å². The predicted molar refractivity (Wildman–Crippen MR) is 67.0 cm³/mol. The molecule has 90 valence electrons. The summed E-state index contributed by atoms with van der Waals surface area (Å²) in [4.78, 5) is 11.3. The Morgan fingerprint density at radius 1 is 1.18 bits per heavy atom. The van der Waals surface area contributed by atoms with Gasteiger partial charge >= 0.3 is 0 Å². The minimum Gasteiger partial charge on any atom is -0.326 e. The van der Waals surface area contributed by atoms with E-state index in [1.54, 1.807) is 0 Å². The summed E-state index contributed by atoms with van der Waals surface area (Å²) in [6.07, 6.45) is 1.46. The van der Waals surface area contributed by atoms with Crippen LogP contribution >= 0.6 is 0 Å². The highest BCUT2D eigenvalue weighted by Crippen LogP contribution is 2.26. The van der Waals surface area contributed by atoms with E-state index in [0.717, 1.165) is 31.7 Å². The largest absolute Gasteiger partial charge is 0.326 e. The van der Waals surface area contributed by atoms with Crippen LogP contribution in [0.2, 0.25) is 0 Å². The van der Waals surface area contributed by atoms with Crippen molar-refractivity contribution in [2.45, 2.75) is 18.9 Å². The predicted octanol–water partition coefficient (Wildman–Crippen LogP) is 0.805. The fourth-order valence-corrected chi connectivity index (χ4v) is 2.51. The Morgan fingerprint density at radius 3 is 2.94 bits per heavy atom. The molecule has 1 unspecified atom stereocenters. The van der Waals surface area contributed by atoms with Crippen molar-refractivity contribution < 1.29 is 4.79 Å². The minimum absolute atomic E-state index is 0.128. The van der Waals surface area contributed by atoms with E-state index < -0.39 is 0 Å². The van der Waals surface area contributed by atoms with E-state index >= 15 is 0 Å². The third kappa shape index (κ3) is 2.18. The Kier molecular flexibility index (Phi) is 2.82. The Morgan fingerprint density at radius 2 is 2.12 bits per heavy atom. The van der Waals surface area contributed by atoms with Gasteiger partial charge in [0.25, 0.3) is 0 Å². The molecule has 0 spiro atoms. The number of carbonyl (C=O) groups excluding carboxylic acids is 1. The Balaban J connectivity index is 1.85. The molecule has 1 aromatic carbocycles. The zero-order valence-corrected chi connectivity index (χ0v) is 9.75. The number of carbonyl (C=O) groups is 1. The Bertz CT molecular complexity index is 438. The van der Waals surface area contributed by atoms with E-state index in [4.69, 9.17) is 0 Å². The van der Waals surface area contributed by atoms with Gasteiger partial charge in [-0.25, -0.2) is 0 Å². The summed E-state index contributed by atoms with van der Waals surface area (Å²) in [6.45, 7) is 3.03. The van der Waals surface area contributed by atoms with Crippen molar-refractivity contribution in [2.75, 3.05) is 25.0 Å². The van der Waals surface area contributed by atoms with Crippen molar-refractivity contribution in [1.29, 1.82) is 0 Å². The van der Waals surface area contributed by atoms with Gasteiger partial charge in [-0.15, -0.1) is 0 Å². The standard InChI is InChI=1S/C13H17N3O/c17-13-4-2-9-7-10(1-3-11(9)16-13)12-8-14-5-6-15-12/h1,3,7,12,14-15H,2,4-6,8H2,(H,16,17). The lowest BCUT2D eigenvalue weighted by Gasteiger charge is -2.26. The molecular weight excluding hydrogens is 214 g/mol. The van der Waals surface area contributed by atoms with E-state index in [2.05, 4.69) is 28.1 Å². The van der Waals surface area contributed by atoms with Gasteiger partial charge in [-0.05, 0) is 23.6 Å². The zero-order valence-electron chi connectivity index (χ0n) is 9.75. The molecule has 4 heteroatoms. The highest BCUT2D eigenvalue weighted by Gasteiger charge is 2.18. The van der Waals surface area contributed by atoms with Crippen molar-refractivity contribution in [3.05, 3.63) is 29.3 Å². The van der Waals surface area contributed by atoms with Crippen LogP contribution in [0.1, 0.15) is 23.6 Å². The van der Waals surface area contributed by atoms with Gasteiger partial charge < -0.3 is 16.0 Å². The third-order valence-corrected chi connectivity index (χ3v) is 3.47. The molecule has 0 saturated carbocycles. The van der Waals surface area contributed by atoms with Crippen molar-refractivity contribution in [1.82, 2.24) is 10.6 Å². The van der Waals surface area contributed by atoms with Crippen LogP contribution in [-0.2, 0) is 11.2 Å². The fraction of sp³-hybridized carbons (Fsp3) is 0.462. The van der Waals surface area contributed by atoms with Gasteiger partial charge in [0, 0.05) is 37.8 Å². The second kappa shape index (κ2) is 4.47. The van der Waals surface area contributed by atoms with Crippen LogP contribution in [0.15, 0.2) is 18.2 Å². The van der Waals surface area contributed by atoms with Gasteiger partial charge in [0.1, 0.15) is 0 Å². The third-order valence-electron chi connectivity index (χ3n) is 3.47. The number of anilines is 1. The lowest BCUT2D eigenvalue weighted by Crippen LogP contribution is -2.42. The summed E-state index contributed by atoms with van der Waals surface area (Å²) >= 11 is 0. The molecule has 0 radical (unpaired) electrons. The van der Waals surface area contributed by atoms with Crippen LogP contribution in [0.3, 0.4) is 0 Å². The maximum atomic E-state index is 11.3. The molecule has 0 aromatic heterocycles. The molecule has 0 bridgehead atoms. The van der Waals surface area contributed by atoms with Gasteiger partial charge in [0.05, 0.1) is 0 Å². The van der Waals surface area contributed by atoms with Gasteiger partial charge in [0.15, 0.2) is 0 Å². The molecule has 1 atom stereocenters. The average molecular weight is 231 g/mol. The fourth-order valence-electron chi connectivity index (χ4n) is 2.51. The maximum absolute atomic E-state index is 11.3. The molecular formula is C13H17N3O. The number of aryl methyl sites for hydroxylation is 1. The van der Waals surface area contributed by atoms with Gasteiger partial charge in [-0.3, -0.25) is 4.79 Å². The van der Waals surface area contributed by atoms with Crippen molar-refractivity contribution in [2.24, 2.45) is 0 Å². The van der Waals surface area contributed by atoms with Crippen molar-refractivity contribution in [3.8, 4) is 0 Å². The molecule has 17 heavy (non-hydrogen) atoms. The lowest BCUT2D eigenvalue weighted by atomic mass is 9.96. The number of rotatable bonds is 1. The minimum atomic E-state index is 0.128. The molecule has 0 aliphatic carbocycles. The average Bonchev–Trinajstić information content (AvgIpc) is 2.39. The first-order valence-electron chi connectivity index (χ1n) is 6.20. The molecule has 2 aliphatic rings. The summed E-state index contributed by atoms with van der Waals surface area (Å²) in [7, 11) is 0. The van der Waals surface area contributed by atoms with E-state index in [0.29, 0.717) is 12.5 Å². The van der Waals surface area contributed by atoms with Crippen LogP contribution < -0.4 is 16.0 Å². The monoisotopic (exact) mass is 231 g/mol. The molecule has 1 saturated heterocycles. The number of piperazine rings is 1. The summed E-state index contributed by atoms with van der Waals surface area (Å²) in [6, 6.07) is 6.75. The summed E-state index contributed by atoms with van der Waals surface area (Å²) < 4.78 is 0. The SMILES string of the molecule is O=C1CCc2cc(C3CNCCN3)ccc2N1. The Hall–Kier alpha value is -1.39. The smallest absolute Gasteiger partial charge is 0.224 e. The first kappa shape index (κ1) is 10.7. The maximum Gasteiger partial charge on any atom is 0.224 e. The molecule has 2 heterocycles. The van der Waals surface area contributed by atoms with E-state index in [1.165, 1.54) is 11.1 Å². The molecule has 1 aromatic rings. The summed E-state index contributed by atoms with van der Waals surface area (Å²) in [5.41, 5.74) is 3.55. The quantitative estimate of drug-likeness (QED) is 0.670. The number of fused-ring (bicyclic) bond motifs is 1. The van der Waals surface area contributed by atoms with Crippen LogP contribution in [0.25, 0.3) is 0 Å².